The fourth-order valence-corrected chi connectivity index (χ4v) is 11.0. The molecular formula is C35H40FN5O4Si. The second-order valence-corrected chi connectivity index (χ2v) is 17.9. The number of carbonyl (C=O) groups is 2. The van der Waals surface area contributed by atoms with Crippen LogP contribution in [0.3, 0.4) is 0 Å². The Morgan fingerprint density at radius 2 is 1.65 bits per heavy atom. The number of halogens is 1. The van der Waals surface area contributed by atoms with Crippen molar-refractivity contribution in [3.05, 3.63) is 95.9 Å². The van der Waals surface area contributed by atoms with Gasteiger partial charge in [0, 0.05) is 12.1 Å². The zero-order valence-electron chi connectivity index (χ0n) is 26.8. The first-order valence-corrected chi connectivity index (χ1v) is 17.5. The monoisotopic (exact) mass is 641 g/mol. The van der Waals surface area contributed by atoms with E-state index in [0.717, 1.165) is 22.0 Å². The molecule has 2 atom stereocenters. The normalized spacial score (nSPS) is 17.6. The van der Waals surface area contributed by atoms with E-state index < -0.39 is 42.8 Å². The molecule has 6 rings (SSSR count). The number of H-pyrrole nitrogens is 1. The van der Waals surface area contributed by atoms with Gasteiger partial charge in [-0.3, -0.25) is 4.79 Å². The Hall–Kier alpha value is -4.48. The molecule has 0 saturated carbocycles. The Bertz CT molecular complexity index is 1880. The Morgan fingerprint density at radius 1 is 1.04 bits per heavy atom. The zero-order valence-corrected chi connectivity index (χ0v) is 27.8. The summed E-state index contributed by atoms with van der Waals surface area (Å²) in [7, 11) is -3.30. The molecular weight excluding hydrogens is 602 g/mol. The largest absolute Gasteiger partial charge is 0.444 e. The van der Waals surface area contributed by atoms with Gasteiger partial charge in [-0.2, -0.15) is 5.10 Å². The molecule has 9 nitrogen and oxygen atoms in total. The van der Waals surface area contributed by atoms with Crippen LogP contribution in [0, 0.1) is 11.7 Å². The molecule has 3 heterocycles. The first-order chi connectivity index (χ1) is 21.7. The van der Waals surface area contributed by atoms with Gasteiger partial charge in [-0.05, 0) is 67.1 Å². The van der Waals surface area contributed by atoms with E-state index in [-0.39, 0.29) is 11.5 Å². The minimum absolute atomic E-state index is 0.0110. The summed E-state index contributed by atoms with van der Waals surface area (Å²) in [5, 5.41) is 5.88. The van der Waals surface area contributed by atoms with E-state index in [0.29, 0.717) is 36.1 Å². The first-order valence-electron chi connectivity index (χ1n) is 15.5. The van der Waals surface area contributed by atoms with Crippen molar-refractivity contribution >= 4 is 47.4 Å². The summed E-state index contributed by atoms with van der Waals surface area (Å²) in [4.78, 5) is 43.7. The number of hydrogen-bond donors (Lipinski definition) is 3. The summed E-state index contributed by atoms with van der Waals surface area (Å²) in [6.07, 6.45) is 2.46. The van der Waals surface area contributed by atoms with Crippen LogP contribution in [-0.4, -0.2) is 56.8 Å². The summed E-state index contributed by atoms with van der Waals surface area (Å²) in [5.41, 5.74) is 6.90. The quantitative estimate of drug-likeness (QED) is 0.209. The summed E-state index contributed by atoms with van der Waals surface area (Å²) < 4.78 is 21.8. The number of fused-ring (bicyclic) bond motifs is 3. The van der Waals surface area contributed by atoms with Crippen LogP contribution in [0.1, 0.15) is 69.4 Å². The number of aromatic nitrogens is 3. The Labute approximate surface area is 268 Å². The standard InChI is InChI=1S/C35H40FN5O4Si/c1-34(2,3)45-33(43)40-21-22(19-35(4,5)46(44,24-12-8-6-9-13-24)25-14-10-7-11-15-25)16-29(40)27-20-38-41-30-26(31(37)42)17-23(36)18-28(30)39-32(27)41/h6-15,17-18,20,22,29,39,44H,16,19,21H2,1-5H3,(H2,37,42). The van der Waals surface area contributed by atoms with Crippen molar-refractivity contribution in [1.82, 2.24) is 19.5 Å². The third-order valence-corrected chi connectivity index (χ3v) is 13.6. The van der Waals surface area contributed by atoms with Crippen molar-refractivity contribution in [3.8, 4) is 0 Å². The Kier molecular flexibility index (Phi) is 7.80. The van der Waals surface area contributed by atoms with Gasteiger partial charge in [0.15, 0.2) is 0 Å². The minimum atomic E-state index is -3.30. The SMILES string of the molecule is CC(C)(C)OC(=O)N1CC(CC(C)(C)[Si](O)(c2ccccc2)c2ccccc2)CC1c1cnn2c1[nH]c1cc(F)cc(C(N)=O)c12. The van der Waals surface area contributed by atoms with Crippen molar-refractivity contribution in [2.24, 2.45) is 11.7 Å². The molecule has 1 fully saturated rings. The lowest BCUT2D eigenvalue weighted by Crippen LogP contribution is -2.65. The van der Waals surface area contributed by atoms with Gasteiger partial charge in [-0.15, -0.1) is 0 Å². The second kappa shape index (κ2) is 11.4. The molecule has 5 aromatic rings. The highest BCUT2D eigenvalue weighted by atomic mass is 28.4. The number of likely N-dealkylation sites (tertiary alicyclic amines) is 1. The molecule has 11 heteroatoms. The number of primary amides is 1. The van der Waals surface area contributed by atoms with Gasteiger partial charge in [-0.1, -0.05) is 74.5 Å². The highest BCUT2D eigenvalue weighted by Gasteiger charge is 2.52. The average molecular weight is 642 g/mol. The Balaban J connectivity index is 1.41. The second-order valence-electron chi connectivity index (χ2n) is 14.0. The maximum atomic E-state index is 14.4. The molecule has 240 valence electrons. The van der Waals surface area contributed by atoms with E-state index in [4.69, 9.17) is 10.5 Å². The number of nitrogens with zero attached hydrogens (tertiary/aromatic N) is 3. The molecule has 1 saturated heterocycles. The molecule has 1 aliphatic heterocycles. The van der Waals surface area contributed by atoms with Gasteiger partial charge in [0.1, 0.15) is 22.6 Å². The van der Waals surface area contributed by atoms with Crippen LogP contribution in [-0.2, 0) is 4.74 Å². The molecule has 2 unspecified atom stereocenters. The number of imidazole rings is 1. The van der Waals surface area contributed by atoms with E-state index in [1.165, 1.54) is 6.07 Å². The highest BCUT2D eigenvalue weighted by Crippen LogP contribution is 2.48. The van der Waals surface area contributed by atoms with Crippen LogP contribution in [0.25, 0.3) is 16.7 Å². The molecule has 4 N–H and O–H groups in total. The van der Waals surface area contributed by atoms with E-state index >= 15 is 0 Å². The fraction of sp³-hybridized carbons (Fsp3) is 0.343. The zero-order chi connectivity index (χ0) is 33.0. The van der Waals surface area contributed by atoms with E-state index in [9.17, 15) is 18.8 Å². The number of nitrogens with one attached hydrogen (secondary N) is 1. The summed E-state index contributed by atoms with van der Waals surface area (Å²) in [5.74, 6) is -1.36. The smallest absolute Gasteiger partial charge is 0.410 e. The van der Waals surface area contributed by atoms with Gasteiger partial charge >= 0.3 is 6.09 Å². The lowest BCUT2D eigenvalue weighted by molar-refractivity contribution is 0.0219. The molecule has 46 heavy (non-hydrogen) atoms. The van der Waals surface area contributed by atoms with Crippen molar-refractivity contribution in [2.75, 3.05) is 6.54 Å². The molecule has 3 aromatic carbocycles. The van der Waals surface area contributed by atoms with Crippen molar-refractivity contribution < 1.29 is 23.5 Å². The predicted octanol–water partition coefficient (Wildman–Crippen LogP) is 5.27. The molecule has 2 aromatic heterocycles. The first kappa shape index (κ1) is 31.5. The van der Waals surface area contributed by atoms with Gasteiger partial charge in [0.05, 0.1) is 23.3 Å². The highest BCUT2D eigenvalue weighted by molar-refractivity contribution is 6.98. The van der Waals surface area contributed by atoms with Crippen molar-refractivity contribution in [2.45, 2.75) is 64.1 Å². The molecule has 0 bridgehead atoms. The predicted molar refractivity (Wildman–Crippen MR) is 178 cm³/mol. The van der Waals surface area contributed by atoms with E-state index in [1.54, 1.807) is 15.6 Å². The lowest BCUT2D eigenvalue weighted by Gasteiger charge is -2.42. The number of benzene rings is 3. The number of nitrogens with two attached hydrogens (primary N) is 1. The number of rotatable bonds is 7. The summed E-state index contributed by atoms with van der Waals surface area (Å²) in [6, 6.07) is 21.8. The van der Waals surface area contributed by atoms with Gasteiger partial charge in [0.2, 0.25) is 0 Å². The third kappa shape index (κ3) is 5.47. The summed E-state index contributed by atoms with van der Waals surface area (Å²) in [6.45, 7) is 10.2. The number of ether oxygens (including phenoxy) is 1. The maximum Gasteiger partial charge on any atom is 0.410 e. The van der Waals surface area contributed by atoms with E-state index in [1.807, 2.05) is 81.4 Å². The molecule has 0 spiro atoms. The molecule has 0 radical (unpaired) electrons. The van der Waals surface area contributed by atoms with Crippen LogP contribution in [0.5, 0.6) is 0 Å². The maximum absolute atomic E-state index is 14.4. The third-order valence-electron chi connectivity index (χ3n) is 9.14. The van der Waals surface area contributed by atoms with Crippen molar-refractivity contribution in [3.63, 3.8) is 0 Å². The average Bonchev–Trinajstić information content (AvgIpc) is 3.69. The van der Waals surface area contributed by atoms with Crippen LogP contribution in [0.15, 0.2) is 79.0 Å². The van der Waals surface area contributed by atoms with Crippen LogP contribution in [0.4, 0.5) is 9.18 Å². The molecule has 0 aliphatic carbocycles. The topological polar surface area (TPSA) is 126 Å². The van der Waals surface area contributed by atoms with Crippen molar-refractivity contribution in [1.29, 1.82) is 0 Å². The fourth-order valence-electron chi connectivity index (χ4n) is 7.20. The number of hydrogen-bond acceptors (Lipinski definition) is 5. The number of carbonyl (C=O) groups excluding carboxylic acids is 2. The van der Waals surface area contributed by atoms with E-state index in [2.05, 4.69) is 23.9 Å². The summed E-state index contributed by atoms with van der Waals surface area (Å²) >= 11 is 0. The van der Waals surface area contributed by atoms with Gasteiger partial charge in [-0.25, -0.2) is 13.7 Å². The molecule has 2 amide bonds. The van der Waals surface area contributed by atoms with Crippen LogP contribution < -0.4 is 16.1 Å². The number of aromatic amines is 1. The van der Waals surface area contributed by atoms with Crippen LogP contribution in [0.2, 0.25) is 5.04 Å². The minimum Gasteiger partial charge on any atom is -0.444 e. The number of amides is 2. The van der Waals surface area contributed by atoms with Crippen LogP contribution >= 0.6 is 0 Å². The van der Waals surface area contributed by atoms with Gasteiger partial charge in [0.25, 0.3) is 14.2 Å². The van der Waals surface area contributed by atoms with Gasteiger partial charge < -0.3 is 25.2 Å². The Morgan fingerprint density at radius 3 is 2.22 bits per heavy atom. The molecule has 1 aliphatic rings. The lowest BCUT2D eigenvalue weighted by atomic mass is 9.92.